The average Bonchev–Trinajstić information content (AvgIpc) is 2.26. The topological polar surface area (TPSA) is 58.4 Å². The summed E-state index contributed by atoms with van der Waals surface area (Å²) in [6, 6.07) is 4.97. The van der Waals surface area contributed by atoms with E-state index in [4.69, 9.17) is 29.0 Å². The van der Waals surface area contributed by atoms with Crippen LogP contribution in [0.15, 0.2) is 18.2 Å². The molecule has 2 amide bonds. The van der Waals surface area contributed by atoms with E-state index in [-0.39, 0.29) is 6.03 Å². The molecule has 0 unspecified atom stereocenters. The second kappa shape index (κ2) is 5.94. The highest BCUT2D eigenvalue weighted by Gasteiger charge is 2.07. The van der Waals surface area contributed by atoms with E-state index in [1.54, 1.807) is 19.2 Å². The number of likely N-dealkylation sites (N-methyl/N-ethyl adjacent to an activating group) is 1. The third kappa shape index (κ3) is 3.56. The fourth-order valence-electron chi connectivity index (χ4n) is 1.22. The molecule has 1 aromatic carbocycles. The molecule has 0 saturated carbocycles. The van der Waals surface area contributed by atoms with Gasteiger partial charge < -0.3 is 4.90 Å². The highest BCUT2D eigenvalue weighted by molar-refractivity contribution is 6.35. The smallest absolute Gasteiger partial charge is 0.326 e. The van der Waals surface area contributed by atoms with E-state index in [9.17, 15) is 4.79 Å². The molecule has 16 heavy (non-hydrogen) atoms. The van der Waals surface area contributed by atoms with Gasteiger partial charge in [-0.25, -0.2) is 10.6 Å². The highest BCUT2D eigenvalue weighted by atomic mass is 35.5. The molecule has 0 heterocycles. The summed E-state index contributed by atoms with van der Waals surface area (Å²) in [4.78, 5) is 12.6. The number of hydrogen-bond acceptors (Lipinski definition) is 2. The van der Waals surface area contributed by atoms with Crippen LogP contribution >= 0.6 is 23.2 Å². The number of halogens is 2. The number of nitrogens with zero attached hydrogens (tertiary/aromatic N) is 1. The van der Waals surface area contributed by atoms with Crippen LogP contribution in [-0.4, -0.2) is 24.5 Å². The Morgan fingerprint density at radius 2 is 2.19 bits per heavy atom. The monoisotopic (exact) mass is 261 g/mol. The summed E-state index contributed by atoms with van der Waals surface area (Å²) < 4.78 is 0. The summed E-state index contributed by atoms with van der Waals surface area (Å²) in [5, 5.41) is 1.20. The van der Waals surface area contributed by atoms with Crippen LogP contribution in [0.5, 0.6) is 0 Å². The number of rotatable bonds is 3. The largest absolute Gasteiger partial charge is 0.331 e. The molecular formula is C10H13Cl2N3O. The molecule has 0 aliphatic rings. The second-order valence-corrected chi connectivity index (χ2v) is 4.20. The molecule has 1 aromatic rings. The van der Waals surface area contributed by atoms with Gasteiger partial charge in [-0.1, -0.05) is 29.3 Å². The molecule has 88 valence electrons. The Labute approximate surface area is 104 Å². The number of carbonyl (C=O) groups excluding carboxylic acids is 1. The number of amides is 2. The Hall–Kier alpha value is -0.970. The summed E-state index contributed by atoms with van der Waals surface area (Å²) in [6.07, 6.45) is 0.653. The lowest BCUT2D eigenvalue weighted by Crippen LogP contribution is -2.41. The molecule has 4 nitrogen and oxygen atoms in total. The Morgan fingerprint density at radius 3 is 2.75 bits per heavy atom. The summed E-state index contributed by atoms with van der Waals surface area (Å²) in [7, 11) is 1.66. The van der Waals surface area contributed by atoms with Gasteiger partial charge in [-0.3, -0.25) is 5.43 Å². The predicted octanol–water partition coefficient (Wildman–Crippen LogP) is 2.05. The first-order valence-electron chi connectivity index (χ1n) is 4.70. The maximum Gasteiger partial charge on any atom is 0.331 e. The number of hydrazine groups is 1. The molecule has 0 atom stereocenters. The summed E-state index contributed by atoms with van der Waals surface area (Å²) in [6.45, 7) is 0.532. The van der Waals surface area contributed by atoms with E-state index in [1.807, 2.05) is 6.07 Å². The van der Waals surface area contributed by atoms with E-state index in [1.165, 1.54) is 4.90 Å². The van der Waals surface area contributed by atoms with Gasteiger partial charge in [0.05, 0.1) is 0 Å². The Bertz CT molecular complexity index is 384. The maximum absolute atomic E-state index is 11.1. The average molecular weight is 262 g/mol. The summed E-state index contributed by atoms with van der Waals surface area (Å²) in [5.41, 5.74) is 3.00. The van der Waals surface area contributed by atoms with Gasteiger partial charge in [-0.15, -0.1) is 0 Å². The van der Waals surface area contributed by atoms with E-state index in [0.717, 1.165) is 5.56 Å². The van der Waals surface area contributed by atoms with Crippen LogP contribution in [0.25, 0.3) is 0 Å². The molecule has 0 spiro atoms. The number of nitrogens with one attached hydrogen (secondary N) is 1. The molecule has 0 saturated heterocycles. The van der Waals surface area contributed by atoms with Gasteiger partial charge in [-0.05, 0) is 24.1 Å². The van der Waals surface area contributed by atoms with Crippen LogP contribution in [0.1, 0.15) is 5.56 Å². The molecule has 6 heteroatoms. The van der Waals surface area contributed by atoms with Crippen molar-refractivity contribution in [2.75, 3.05) is 13.6 Å². The van der Waals surface area contributed by atoms with Crippen molar-refractivity contribution in [3.63, 3.8) is 0 Å². The van der Waals surface area contributed by atoms with Crippen molar-refractivity contribution in [3.05, 3.63) is 33.8 Å². The molecule has 0 radical (unpaired) electrons. The quantitative estimate of drug-likeness (QED) is 0.497. The van der Waals surface area contributed by atoms with Crippen molar-refractivity contribution in [2.24, 2.45) is 5.84 Å². The Kier molecular flexibility index (Phi) is 4.86. The standard InChI is InChI=1S/C10H13Cl2N3O/c1-15(10(16)14-13)5-4-7-2-3-8(11)6-9(7)12/h2-3,6H,4-5,13H2,1H3,(H,14,16). The lowest BCUT2D eigenvalue weighted by atomic mass is 10.1. The number of urea groups is 1. The van der Waals surface area contributed by atoms with Crippen molar-refractivity contribution < 1.29 is 4.79 Å². The zero-order chi connectivity index (χ0) is 12.1. The van der Waals surface area contributed by atoms with Gasteiger partial charge in [0.15, 0.2) is 0 Å². The lowest BCUT2D eigenvalue weighted by molar-refractivity contribution is 0.209. The molecule has 0 aliphatic heterocycles. The van der Waals surface area contributed by atoms with Crippen molar-refractivity contribution in [3.8, 4) is 0 Å². The van der Waals surface area contributed by atoms with Gasteiger partial charge in [0.1, 0.15) is 0 Å². The number of nitrogens with two attached hydrogens (primary N) is 1. The van der Waals surface area contributed by atoms with Gasteiger partial charge in [0, 0.05) is 23.6 Å². The van der Waals surface area contributed by atoms with E-state index < -0.39 is 0 Å². The summed E-state index contributed by atoms with van der Waals surface area (Å²) >= 11 is 11.8. The highest BCUT2D eigenvalue weighted by Crippen LogP contribution is 2.21. The minimum Gasteiger partial charge on any atom is -0.326 e. The van der Waals surface area contributed by atoms with Crippen LogP contribution in [0.4, 0.5) is 4.79 Å². The third-order valence-electron chi connectivity index (χ3n) is 2.20. The SMILES string of the molecule is CN(CCc1ccc(Cl)cc1Cl)C(=O)NN. The number of benzene rings is 1. The molecule has 0 bridgehead atoms. The van der Waals surface area contributed by atoms with Crippen molar-refractivity contribution in [2.45, 2.75) is 6.42 Å². The van der Waals surface area contributed by atoms with Crippen LogP contribution in [-0.2, 0) is 6.42 Å². The number of carbonyl (C=O) groups is 1. The Morgan fingerprint density at radius 1 is 1.50 bits per heavy atom. The normalized spacial score (nSPS) is 10.0. The van der Waals surface area contributed by atoms with Gasteiger partial charge in [0.2, 0.25) is 0 Å². The predicted molar refractivity (Wildman–Crippen MR) is 65.5 cm³/mol. The fraction of sp³-hybridized carbons (Fsp3) is 0.300. The second-order valence-electron chi connectivity index (χ2n) is 3.36. The van der Waals surface area contributed by atoms with E-state index >= 15 is 0 Å². The zero-order valence-corrected chi connectivity index (χ0v) is 10.3. The Balaban J connectivity index is 2.58. The third-order valence-corrected chi connectivity index (χ3v) is 2.79. The molecule has 1 rings (SSSR count). The minimum absolute atomic E-state index is 0.329. The van der Waals surface area contributed by atoms with E-state index in [2.05, 4.69) is 5.43 Å². The lowest BCUT2D eigenvalue weighted by Gasteiger charge is -2.16. The van der Waals surface area contributed by atoms with Crippen molar-refractivity contribution >= 4 is 29.2 Å². The van der Waals surface area contributed by atoms with Gasteiger partial charge >= 0.3 is 6.03 Å². The van der Waals surface area contributed by atoms with Gasteiger partial charge in [-0.2, -0.15) is 0 Å². The number of hydrogen-bond donors (Lipinski definition) is 2. The molecular weight excluding hydrogens is 249 g/mol. The molecule has 0 aliphatic carbocycles. The van der Waals surface area contributed by atoms with Gasteiger partial charge in [0.25, 0.3) is 0 Å². The van der Waals surface area contributed by atoms with Crippen molar-refractivity contribution in [1.29, 1.82) is 0 Å². The van der Waals surface area contributed by atoms with Crippen molar-refractivity contribution in [1.82, 2.24) is 10.3 Å². The molecule has 0 fully saturated rings. The summed E-state index contributed by atoms with van der Waals surface area (Å²) in [5.74, 6) is 5.01. The minimum atomic E-state index is -0.329. The molecule has 0 aromatic heterocycles. The van der Waals surface area contributed by atoms with Crippen LogP contribution in [0.3, 0.4) is 0 Å². The van der Waals surface area contributed by atoms with Crippen LogP contribution in [0, 0.1) is 0 Å². The molecule has 3 N–H and O–H groups in total. The first-order valence-corrected chi connectivity index (χ1v) is 5.46. The zero-order valence-electron chi connectivity index (χ0n) is 8.84. The van der Waals surface area contributed by atoms with Crippen LogP contribution in [0.2, 0.25) is 10.0 Å². The fourth-order valence-corrected chi connectivity index (χ4v) is 1.73. The van der Waals surface area contributed by atoms with Crippen LogP contribution < -0.4 is 11.3 Å². The van der Waals surface area contributed by atoms with E-state index in [0.29, 0.717) is 23.0 Å². The maximum atomic E-state index is 11.1. The first kappa shape index (κ1) is 13.1. The first-order chi connectivity index (χ1) is 7.54.